The summed E-state index contributed by atoms with van der Waals surface area (Å²) in [6.45, 7) is 1.20. The van der Waals surface area contributed by atoms with E-state index >= 15 is 0 Å². The number of nitrogens with zero attached hydrogens (tertiary/aromatic N) is 2. The molecule has 0 radical (unpaired) electrons. The molecule has 2 rings (SSSR count). The summed E-state index contributed by atoms with van der Waals surface area (Å²) in [7, 11) is 1.25. The zero-order chi connectivity index (χ0) is 12.0. The predicted molar refractivity (Wildman–Crippen MR) is 51.3 cm³/mol. The average molecular weight is 221 g/mol. The Morgan fingerprint density at radius 3 is 2.44 bits per heavy atom. The summed E-state index contributed by atoms with van der Waals surface area (Å²) >= 11 is 0. The second-order valence-electron chi connectivity index (χ2n) is 3.36. The van der Waals surface area contributed by atoms with Gasteiger partial charge in [0.2, 0.25) is 0 Å². The lowest BCUT2D eigenvalue weighted by Crippen LogP contribution is -2.26. The van der Waals surface area contributed by atoms with Crippen molar-refractivity contribution in [2.75, 3.05) is 7.05 Å². The SMILES string of the molecule is CC(=O)c1nc2c(c(=O)[nH]1)C(=O)N(C)C2=O. The molecule has 0 saturated carbocycles. The molecule has 7 heteroatoms. The van der Waals surface area contributed by atoms with Crippen molar-refractivity contribution in [3.8, 4) is 0 Å². The largest absolute Gasteiger partial charge is 0.303 e. The first-order valence-electron chi connectivity index (χ1n) is 4.41. The molecule has 1 aromatic rings. The molecule has 0 aromatic carbocycles. The fraction of sp³-hybridized carbons (Fsp3) is 0.222. The number of hydrogen-bond acceptors (Lipinski definition) is 5. The van der Waals surface area contributed by atoms with Crippen molar-refractivity contribution in [2.45, 2.75) is 6.92 Å². The monoisotopic (exact) mass is 221 g/mol. The molecule has 1 aromatic heterocycles. The van der Waals surface area contributed by atoms with Crippen LogP contribution in [-0.2, 0) is 0 Å². The van der Waals surface area contributed by atoms with Crippen LogP contribution in [0.5, 0.6) is 0 Å². The zero-order valence-corrected chi connectivity index (χ0v) is 8.53. The molecule has 7 nitrogen and oxygen atoms in total. The second kappa shape index (κ2) is 3.09. The number of H-pyrrole nitrogens is 1. The quantitative estimate of drug-likeness (QED) is 0.494. The summed E-state index contributed by atoms with van der Waals surface area (Å²) < 4.78 is 0. The van der Waals surface area contributed by atoms with Crippen LogP contribution in [0.4, 0.5) is 0 Å². The number of nitrogens with one attached hydrogen (secondary N) is 1. The Bertz CT molecular complexity index is 587. The van der Waals surface area contributed by atoms with E-state index in [4.69, 9.17) is 0 Å². The molecular formula is C9H7N3O4. The molecule has 0 bridgehead atoms. The molecule has 1 aliphatic heterocycles. The van der Waals surface area contributed by atoms with Crippen LogP contribution in [0.25, 0.3) is 0 Å². The predicted octanol–water partition coefficient (Wildman–Crippen LogP) is -0.802. The molecular weight excluding hydrogens is 214 g/mol. The van der Waals surface area contributed by atoms with Crippen molar-refractivity contribution < 1.29 is 14.4 Å². The van der Waals surface area contributed by atoms with Gasteiger partial charge in [-0.15, -0.1) is 0 Å². The molecule has 16 heavy (non-hydrogen) atoms. The van der Waals surface area contributed by atoms with Crippen molar-refractivity contribution >= 4 is 17.6 Å². The number of imide groups is 1. The van der Waals surface area contributed by atoms with Crippen molar-refractivity contribution in [3.63, 3.8) is 0 Å². The van der Waals surface area contributed by atoms with Gasteiger partial charge in [0.1, 0.15) is 11.3 Å². The van der Waals surface area contributed by atoms with Crippen molar-refractivity contribution in [1.29, 1.82) is 0 Å². The molecule has 0 fully saturated rings. The fourth-order valence-corrected chi connectivity index (χ4v) is 1.41. The lowest BCUT2D eigenvalue weighted by atomic mass is 10.2. The Morgan fingerprint density at radius 2 is 1.88 bits per heavy atom. The highest BCUT2D eigenvalue weighted by atomic mass is 16.2. The Kier molecular flexibility index (Phi) is 1.97. The third-order valence-corrected chi connectivity index (χ3v) is 2.28. The van der Waals surface area contributed by atoms with Crippen LogP contribution in [0.2, 0.25) is 0 Å². The minimum Gasteiger partial charge on any atom is -0.303 e. The van der Waals surface area contributed by atoms with Crippen molar-refractivity contribution in [1.82, 2.24) is 14.9 Å². The number of carbonyl (C=O) groups excluding carboxylic acids is 3. The lowest BCUT2D eigenvalue weighted by molar-refractivity contribution is 0.0691. The normalized spacial score (nSPS) is 14.2. The minimum atomic E-state index is -0.766. The van der Waals surface area contributed by atoms with Crippen LogP contribution in [0.3, 0.4) is 0 Å². The Hall–Kier alpha value is -2.31. The van der Waals surface area contributed by atoms with Crippen LogP contribution >= 0.6 is 0 Å². The summed E-state index contributed by atoms with van der Waals surface area (Å²) in [4.78, 5) is 52.1. The van der Waals surface area contributed by atoms with Crippen LogP contribution in [0.15, 0.2) is 4.79 Å². The third-order valence-electron chi connectivity index (χ3n) is 2.28. The van der Waals surface area contributed by atoms with Gasteiger partial charge in [0.25, 0.3) is 17.4 Å². The van der Waals surface area contributed by atoms with Crippen LogP contribution in [0, 0.1) is 0 Å². The van der Waals surface area contributed by atoms with Crippen molar-refractivity contribution in [2.24, 2.45) is 0 Å². The molecule has 2 heterocycles. The lowest BCUT2D eigenvalue weighted by Gasteiger charge is -2.01. The molecule has 0 unspecified atom stereocenters. The van der Waals surface area contributed by atoms with Gasteiger partial charge in [-0.3, -0.25) is 24.1 Å². The first-order valence-corrected chi connectivity index (χ1v) is 4.41. The number of amides is 2. The number of aromatic amines is 1. The Balaban J connectivity index is 2.77. The Labute approximate surface area is 89.1 Å². The van der Waals surface area contributed by atoms with Gasteiger partial charge in [-0.2, -0.15) is 0 Å². The van der Waals surface area contributed by atoms with Gasteiger partial charge in [-0.05, 0) is 0 Å². The summed E-state index contributed by atoms with van der Waals surface area (Å²) in [5.74, 6) is -2.08. The second-order valence-corrected chi connectivity index (χ2v) is 3.36. The van der Waals surface area contributed by atoms with Crippen molar-refractivity contribution in [3.05, 3.63) is 27.4 Å². The van der Waals surface area contributed by atoms with Gasteiger partial charge >= 0.3 is 0 Å². The van der Waals surface area contributed by atoms with Gasteiger partial charge in [-0.1, -0.05) is 0 Å². The molecule has 1 N–H and O–H groups in total. The zero-order valence-electron chi connectivity index (χ0n) is 8.53. The smallest absolute Gasteiger partial charge is 0.280 e. The van der Waals surface area contributed by atoms with E-state index in [1.807, 2.05) is 0 Å². The van der Waals surface area contributed by atoms with Crippen LogP contribution in [-0.4, -0.2) is 39.5 Å². The minimum absolute atomic E-state index is 0.222. The molecule has 0 aliphatic carbocycles. The third kappa shape index (κ3) is 1.18. The summed E-state index contributed by atoms with van der Waals surface area (Å²) in [6, 6.07) is 0. The van der Waals surface area contributed by atoms with Gasteiger partial charge < -0.3 is 4.98 Å². The number of rotatable bonds is 1. The summed E-state index contributed by atoms with van der Waals surface area (Å²) in [6.07, 6.45) is 0. The van der Waals surface area contributed by atoms with E-state index in [2.05, 4.69) is 9.97 Å². The summed E-state index contributed by atoms with van der Waals surface area (Å²) in [5.41, 5.74) is -1.34. The molecule has 0 spiro atoms. The first-order chi connectivity index (χ1) is 7.43. The van der Waals surface area contributed by atoms with E-state index in [1.165, 1.54) is 14.0 Å². The van der Waals surface area contributed by atoms with E-state index in [0.717, 1.165) is 4.90 Å². The number of fused-ring (bicyclic) bond motifs is 1. The number of aromatic nitrogens is 2. The van der Waals surface area contributed by atoms with Crippen LogP contribution < -0.4 is 5.56 Å². The molecule has 0 saturated heterocycles. The fourth-order valence-electron chi connectivity index (χ4n) is 1.41. The molecule has 1 aliphatic rings. The van der Waals surface area contributed by atoms with E-state index in [9.17, 15) is 19.2 Å². The van der Waals surface area contributed by atoms with Gasteiger partial charge in [0, 0.05) is 14.0 Å². The number of Topliss-reactive ketones (excluding diaryl/α,β-unsaturated/α-hetero) is 1. The number of ketones is 1. The topological polar surface area (TPSA) is 100 Å². The molecule has 0 atom stereocenters. The van der Waals surface area contributed by atoms with Gasteiger partial charge in [-0.25, -0.2) is 4.98 Å². The van der Waals surface area contributed by atoms with Gasteiger partial charge in [0.15, 0.2) is 11.6 Å². The molecule has 2 amide bonds. The highest BCUT2D eigenvalue weighted by Crippen LogP contribution is 2.15. The number of carbonyl (C=O) groups is 3. The van der Waals surface area contributed by atoms with Crippen LogP contribution in [0.1, 0.15) is 38.4 Å². The number of hydrogen-bond donors (Lipinski definition) is 1. The maximum absolute atomic E-state index is 11.5. The summed E-state index contributed by atoms with van der Waals surface area (Å²) in [5, 5.41) is 0. The van der Waals surface area contributed by atoms with E-state index in [1.54, 1.807) is 0 Å². The van der Waals surface area contributed by atoms with E-state index in [0.29, 0.717) is 0 Å². The average Bonchev–Trinajstić information content (AvgIpc) is 2.44. The van der Waals surface area contributed by atoms with Gasteiger partial charge in [0.05, 0.1) is 0 Å². The molecule has 82 valence electrons. The maximum Gasteiger partial charge on any atom is 0.280 e. The standard InChI is InChI=1S/C9H7N3O4/c1-3(13)6-10-5-4(7(14)11-6)8(15)12(2)9(5)16/h1-2H3,(H,10,11,14). The Morgan fingerprint density at radius 1 is 1.25 bits per heavy atom. The van der Waals surface area contributed by atoms with E-state index < -0.39 is 23.2 Å². The highest BCUT2D eigenvalue weighted by molar-refractivity contribution is 6.20. The first kappa shape index (κ1) is 10.2. The highest BCUT2D eigenvalue weighted by Gasteiger charge is 2.37. The van der Waals surface area contributed by atoms with E-state index in [-0.39, 0.29) is 17.1 Å². The maximum atomic E-state index is 11.5.